The molecular formula is C21H18BrNO4. The first-order valence-electron chi connectivity index (χ1n) is 8.80. The number of benzene rings is 2. The fourth-order valence-electron chi connectivity index (χ4n) is 3.69. The molecule has 4 rings (SSSR count). The van der Waals surface area contributed by atoms with Crippen molar-refractivity contribution in [1.82, 2.24) is 0 Å². The summed E-state index contributed by atoms with van der Waals surface area (Å²) in [5, 5.41) is 0. The second-order valence-corrected chi connectivity index (χ2v) is 7.29. The Morgan fingerprint density at radius 3 is 2.78 bits per heavy atom. The van der Waals surface area contributed by atoms with E-state index < -0.39 is 0 Å². The van der Waals surface area contributed by atoms with Crippen LogP contribution in [0.5, 0.6) is 5.75 Å². The van der Waals surface area contributed by atoms with E-state index in [1.807, 2.05) is 55.5 Å². The fourth-order valence-corrected chi connectivity index (χ4v) is 4.08. The third-order valence-corrected chi connectivity index (χ3v) is 5.27. The van der Waals surface area contributed by atoms with Crippen LogP contribution in [0.4, 0.5) is 5.69 Å². The van der Waals surface area contributed by atoms with Crippen molar-refractivity contribution in [2.45, 2.75) is 19.3 Å². The lowest BCUT2D eigenvalue weighted by Gasteiger charge is -2.32. The van der Waals surface area contributed by atoms with Crippen molar-refractivity contribution in [3.05, 3.63) is 69.8 Å². The van der Waals surface area contributed by atoms with Crippen molar-refractivity contribution in [3.63, 3.8) is 0 Å². The maximum absolute atomic E-state index is 13.1. The van der Waals surface area contributed by atoms with Crippen molar-refractivity contribution in [1.29, 1.82) is 0 Å². The first-order chi connectivity index (χ1) is 13.1. The van der Waals surface area contributed by atoms with Crippen LogP contribution in [0.25, 0.3) is 0 Å². The normalized spacial score (nSPS) is 19.2. The molecule has 0 N–H and O–H groups in total. The number of hydrogen-bond donors (Lipinski definition) is 0. The molecule has 0 unspecified atom stereocenters. The highest BCUT2D eigenvalue weighted by Gasteiger charge is 2.43. The topological polar surface area (TPSA) is 55.8 Å². The van der Waals surface area contributed by atoms with Crippen molar-refractivity contribution in [3.8, 4) is 5.75 Å². The molecule has 2 aliphatic rings. The maximum atomic E-state index is 13.1. The molecule has 2 aliphatic heterocycles. The van der Waals surface area contributed by atoms with Gasteiger partial charge in [0.2, 0.25) is 5.91 Å². The minimum atomic E-state index is -0.367. The van der Waals surface area contributed by atoms with E-state index in [-0.39, 0.29) is 30.8 Å². The van der Waals surface area contributed by atoms with Gasteiger partial charge in [-0.25, -0.2) is 4.79 Å². The molecule has 1 amide bonds. The molecule has 0 bridgehead atoms. The van der Waals surface area contributed by atoms with Crippen molar-refractivity contribution < 1.29 is 19.1 Å². The molecule has 0 aliphatic carbocycles. The van der Waals surface area contributed by atoms with E-state index in [9.17, 15) is 9.59 Å². The zero-order valence-electron chi connectivity index (χ0n) is 14.8. The average Bonchev–Trinajstić information content (AvgIpc) is 3.03. The van der Waals surface area contributed by atoms with Gasteiger partial charge in [-0.05, 0) is 31.2 Å². The van der Waals surface area contributed by atoms with E-state index in [1.54, 1.807) is 4.90 Å². The van der Waals surface area contributed by atoms with Gasteiger partial charge >= 0.3 is 5.97 Å². The summed E-state index contributed by atoms with van der Waals surface area (Å²) in [7, 11) is 0. The van der Waals surface area contributed by atoms with Gasteiger partial charge in [0.05, 0.1) is 17.9 Å². The highest BCUT2D eigenvalue weighted by Crippen LogP contribution is 2.44. The first kappa shape index (κ1) is 17.8. The van der Waals surface area contributed by atoms with Gasteiger partial charge in [0.1, 0.15) is 12.4 Å². The van der Waals surface area contributed by atoms with E-state index in [0.717, 1.165) is 15.7 Å². The molecule has 5 nitrogen and oxygen atoms in total. The molecule has 1 atom stereocenters. The van der Waals surface area contributed by atoms with Crippen LogP contribution in [-0.4, -0.2) is 25.1 Å². The van der Waals surface area contributed by atoms with E-state index in [2.05, 4.69) is 15.9 Å². The van der Waals surface area contributed by atoms with E-state index in [0.29, 0.717) is 23.6 Å². The molecule has 0 spiro atoms. The Morgan fingerprint density at radius 1 is 1.19 bits per heavy atom. The Bertz CT molecular complexity index is 953. The number of rotatable bonds is 4. The minimum Gasteiger partial charge on any atom is -0.494 e. The third kappa shape index (κ3) is 3.14. The van der Waals surface area contributed by atoms with Gasteiger partial charge in [0.25, 0.3) is 0 Å². The summed E-state index contributed by atoms with van der Waals surface area (Å²) in [5.74, 6) is -0.107. The maximum Gasteiger partial charge on any atom is 0.336 e. The monoisotopic (exact) mass is 427 g/mol. The number of cyclic esters (lactones) is 1. The summed E-state index contributed by atoms with van der Waals surface area (Å²) in [6.07, 6.45) is 0.185. The summed E-state index contributed by atoms with van der Waals surface area (Å²) >= 11 is 3.44. The predicted molar refractivity (Wildman–Crippen MR) is 105 cm³/mol. The second kappa shape index (κ2) is 7.19. The van der Waals surface area contributed by atoms with E-state index in [1.165, 1.54) is 0 Å². The van der Waals surface area contributed by atoms with Gasteiger partial charge < -0.3 is 9.47 Å². The zero-order chi connectivity index (χ0) is 19.0. The highest BCUT2D eigenvalue weighted by atomic mass is 79.9. The molecule has 0 radical (unpaired) electrons. The lowest BCUT2D eigenvalue weighted by atomic mass is 9.83. The molecule has 27 heavy (non-hydrogen) atoms. The van der Waals surface area contributed by atoms with Gasteiger partial charge in [-0.1, -0.05) is 40.2 Å². The van der Waals surface area contributed by atoms with Gasteiger partial charge in [-0.15, -0.1) is 0 Å². The second-order valence-electron chi connectivity index (χ2n) is 6.37. The Balaban J connectivity index is 1.84. The Hall–Kier alpha value is -2.60. The smallest absolute Gasteiger partial charge is 0.336 e. The van der Waals surface area contributed by atoms with Gasteiger partial charge in [-0.3, -0.25) is 9.69 Å². The van der Waals surface area contributed by atoms with Gasteiger partial charge in [0.15, 0.2) is 0 Å². The summed E-state index contributed by atoms with van der Waals surface area (Å²) < 4.78 is 11.9. The lowest BCUT2D eigenvalue weighted by molar-refractivity contribution is -0.136. The van der Waals surface area contributed by atoms with Crippen LogP contribution in [0.15, 0.2) is 64.3 Å². The number of halogens is 1. The van der Waals surface area contributed by atoms with Gasteiger partial charge in [0, 0.05) is 28.1 Å². The van der Waals surface area contributed by atoms with Gasteiger partial charge in [-0.2, -0.15) is 0 Å². The minimum absolute atomic E-state index is 0.0681. The first-order valence-corrected chi connectivity index (χ1v) is 9.60. The number of para-hydroxylation sites is 1. The number of hydrogen-bond acceptors (Lipinski definition) is 4. The molecule has 138 valence electrons. The molecule has 6 heteroatoms. The number of esters is 1. The van der Waals surface area contributed by atoms with Crippen LogP contribution in [0.2, 0.25) is 0 Å². The summed E-state index contributed by atoms with van der Waals surface area (Å²) in [4.78, 5) is 27.2. The molecule has 0 aromatic heterocycles. The third-order valence-electron chi connectivity index (χ3n) is 4.78. The van der Waals surface area contributed by atoms with Crippen LogP contribution < -0.4 is 9.64 Å². The SMILES string of the molecule is CCOc1ccccc1[C@@H]1CC(=O)N(c2cccc(Br)c2)C2=C1C(=O)OC2. The van der Waals surface area contributed by atoms with Crippen LogP contribution in [0, 0.1) is 0 Å². The molecule has 2 aromatic rings. The van der Waals surface area contributed by atoms with Crippen LogP contribution in [-0.2, 0) is 14.3 Å². The largest absolute Gasteiger partial charge is 0.494 e. The molecular weight excluding hydrogens is 410 g/mol. The highest BCUT2D eigenvalue weighted by molar-refractivity contribution is 9.10. The molecule has 2 heterocycles. The fraction of sp³-hybridized carbons (Fsp3) is 0.238. The number of nitrogens with zero attached hydrogens (tertiary/aromatic N) is 1. The van der Waals surface area contributed by atoms with Crippen molar-refractivity contribution in [2.75, 3.05) is 18.1 Å². The Kier molecular flexibility index (Phi) is 4.74. The van der Waals surface area contributed by atoms with Crippen LogP contribution >= 0.6 is 15.9 Å². The number of amides is 1. The molecule has 0 fully saturated rings. The molecule has 0 saturated carbocycles. The zero-order valence-corrected chi connectivity index (χ0v) is 16.4. The number of carbonyl (C=O) groups is 2. The van der Waals surface area contributed by atoms with E-state index >= 15 is 0 Å². The quantitative estimate of drug-likeness (QED) is 0.686. The summed E-state index contributed by atoms with van der Waals surface area (Å²) in [5.41, 5.74) is 2.72. The average molecular weight is 428 g/mol. The van der Waals surface area contributed by atoms with Crippen LogP contribution in [0.3, 0.4) is 0 Å². The number of anilines is 1. The Labute approximate surface area is 165 Å². The number of carbonyl (C=O) groups excluding carboxylic acids is 2. The summed E-state index contributed by atoms with van der Waals surface area (Å²) in [6.45, 7) is 2.52. The van der Waals surface area contributed by atoms with Crippen LogP contribution in [0.1, 0.15) is 24.8 Å². The molecule has 0 saturated heterocycles. The molecule has 2 aromatic carbocycles. The predicted octanol–water partition coefficient (Wildman–Crippen LogP) is 4.18. The number of ether oxygens (including phenoxy) is 2. The Morgan fingerprint density at radius 2 is 2.00 bits per heavy atom. The van der Waals surface area contributed by atoms with Crippen molar-refractivity contribution >= 4 is 33.5 Å². The standard InChI is InChI=1S/C21H18BrNO4/c1-2-26-18-9-4-3-8-15(18)16-11-19(24)23(14-7-5-6-13(22)10-14)17-12-27-21(25)20(16)17/h3-10,16H,2,11-12H2,1H3/t16-/m0/s1. The van der Waals surface area contributed by atoms with E-state index in [4.69, 9.17) is 9.47 Å². The van der Waals surface area contributed by atoms with Crippen molar-refractivity contribution in [2.24, 2.45) is 0 Å². The summed E-state index contributed by atoms with van der Waals surface area (Å²) in [6, 6.07) is 15.0. The lowest BCUT2D eigenvalue weighted by Crippen LogP contribution is -2.37.